The zero-order chi connectivity index (χ0) is 44.6. The topological polar surface area (TPSA) is 51.8 Å². The van der Waals surface area contributed by atoms with Crippen molar-refractivity contribution in [3.63, 3.8) is 0 Å². The van der Waals surface area contributed by atoms with Gasteiger partial charge in [0.05, 0.1) is 0 Å². The number of hydrogen-bond acceptors (Lipinski definition) is 4. The fraction of sp³-hybridized carbons (Fsp3) is 0.190. The Kier molecular flexibility index (Phi) is 9.45. The van der Waals surface area contributed by atoms with Crippen molar-refractivity contribution < 1.29 is 4.42 Å². The van der Waals surface area contributed by atoms with Gasteiger partial charge in [0.15, 0.2) is 17.5 Å². The van der Waals surface area contributed by atoms with Crippen LogP contribution in [0.15, 0.2) is 192 Å². The molecule has 1 spiro atoms. The summed E-state index contributed by atoms with van der Waals surface area (Å²) in [6.07, 6.45) is 6.40. The van der Waals surface area contributed by atoms with Crippen molar-refractivity contribution in [2.75, 3.05) is 0 Å². The van der Waals surface area contributed by atoms with E-state index in [1.807, 2.05) is 0 Å². The highest BCUT2D eigenvalue weighted by molar-refractivity contribution is 6.12. The summed E-state index contributed by atoms with van der Waals surface area (Å²) in [5, 5.41) is 2.34. The van der Waals surface area contributed by atoms with E-state index < -0.39 is 0 Å². The van der Waals surface area contributed by atoms with Crippen LogP contribution in [0.5, 0.6) is 0 Å². The van der Waals surface area contributed by atoms with Gasteiger partial charge in [-0.3, -0.25) is 0 Å². The first kappa shape index (κ1) is 39.9. The molecule has 0 saturated heterocycles. The minimum absolute atomic E-state index is 0.114. The molecule has 2 aromatic heterocycles. The third kappa shape index (κ3) is 6.52. The van der Waals surface area contributed by atoms with Crippen molar-refractivity contribution in [3.05, 3.63) is 199 Å². The molecule has 2 bridgehead atoms. The highest BCUT2D eigenvalue weighted by Gasteiger charge is 2.57. The molecule has 0 amide bonds. The lowest BCUT2D eigenvalue weighted by Crippen LogP contribution is -2.49. The largest absolute Gasteiger partial charge is 0.456 e. The lowest BCUT2D eigenvalue weighted by atomic mass is 9.49. The lowest BCUT2D eigenvalue weighted by Gasteiger charge is -2.54. The average molecular weight is 866 g/mol. The lowest BCUT2D eigenvalue weighted by molar-refractivity contribution is 0.0368. The summed E-state index contributed by atoms with van der Waals surface area (Å²) in [6.45, 7) is 4.96. The molecule has 5 atom stereocenters. The van der Waals surface area contributed by atoms with E-state index in [-0.39, 0.29) is 5.41 Å². The van der Waals surface area contributed by atoms with Crippen LogP contribution in [0.1, 0.15) is 57.1 Å². The van der Waals surface area contributed by atoms with Crippen LogP contribution in [-0.2, 0) is 5.41 Å². The Morgan fingerprint density at radius 3 is 1.69 bits per heavy atom. The van der Waals surface area contributed by atoms with Crippen LogP contribution in [0.3, 0.4) is 0 Å². The molecule has 2 heterocycles. The third-order valence-corrected chi connectivity index (χ3v) is 15.9. The maximum absolute atomic E-state index is 6.39. The summed E-state index contributed by atoms with van der Waals surface area (Å²) in [5.41, 5.74) is 17.5. The molecule has 67 heavy (non-hydrogen) atoms. The molecule has 324 valence electrons. The van der Waals surface area contributed by atoms with Gasteiger partial charge >= 0.3 is 0 Å². The van der Waals surface area contributed by atoms with Gasteiger partial charge in [0.25, 0.3) is 0 Å². The predicted molar refractivity (Wildman–Crippen MR) is 274 cm³/mol. The van der Waals surface area contributed by atoms with Crippen molar-refractivity contribution in [1.29, 1.82) is 0 Å². The maximum Gasteiger partial charge on any atom is 0.164 e. The molecule has 3 aliphatic carbocycles. The first-order valence-electron chi connectivity index (χ1n) is 24.3. The first-order chi connectivity index (χ1) is 33.0. The fourth-order valence-electron chi connectivity index (χ4n) is 12.9. The summed E-state index contributed by atoms with van der Waals surface area (Å²) in [6, 6.07) is 67.8. The summed E-state index contributed by atoms with van der Waals surface area (Å²) in [4.78, 5) is 15.9. The Hall–Kier alpha value is -7.43. The normalized spacial score (nSPS) is 20.6. The number of aromatic nitrogens is 3. The van der Waals surface area contributed by atoms with E-state index in [0.29, 0.717) is 29.3 Å². The predicted octanol–water partition coefficient (Wildman–Crippen LogP) is 16.5. The molecule has 0 radical (unpaired) electrons. The molecule has 10 aromatic rings. The zero-order valence-electron chi connectivity index (χ0n) is 38.0. The minimum atomic E-state index is -0.114. The van der Waals surface area contributed by atoms with Crippen molar-refractivity contribution in [1.82, 2.24) is 15.0 Å². The highest BCUT2D eigenvalue weighted by Crippen LogP contribution is 2.65. The second kappa shape index (κ2) is 15.9. The number of rotatable bonds is 7. The van der Waals surface area contributed by atoms with Crippen LogP contribution in [0, 0.1) is 23.7 Å². The maximum atomic E-state index is 6.39. The van der Waals surface area contributed by atoms with Gasteiger partial charge < -0.3 is 4.42 Å². The number of hydrogen-bond donors (Lipinski definition) is 0. The van der Waals surface area contributed by atoms with Crippen molar-refractivity contribution >= 4 is 21.9 Å². The van der Waals surface area contributed by atoms with Crippen LogP contribution >= 0.6 is 0 Å². The number of nitrogens with zero attached hydrogens (tertiary/aromatic N) is 3. The number of fused-ring (bicyclic) bond motifs is 11. The Balaban J connectivity index is 0.981. The molecule has 4 heteroatoms. The average Bonchev–Trinajstić information content (AvgIpc) is 3.92. The highest BCUT2D eigenvalue weighted by atomic mass is 16.3. The van der Waals surface area contributed by atoms with Crippen LogP contribution in [0.2, 0.25) is 0 Å². The molecule has 2 saturated carbocycles. The van der Waals surface area contributed by atoms with Crippen LogP contribution < -0.4 is 0 Å². The van der Waals surface area contributed by atoms with Gasteiger partial charge in [-0.25, -0.2) is 15.0 Å². The molecular weight excluding hydrogens is 815 g/mol. The quantitative estimate of drug-likeness (QED) is 0.160. The van der Waals surface area contributed by atoms with E-state index >= 15 is 0 Å². The van der Waals surface area contributed by atoms with Gasteiger partial charge in [0, 0.05) is 32.9 Å². The molecule has 13 rings (SSSR count). The fourth-order valence-corrected chi connectivity index (χ4v) is 12.9. The smallest absolute Gasteiger partial charge is 0.164 e. The van der Waals surface area contributed by atoms with Gasteiger partial charge in [0.1, 0.15) is 11.2 Å². The minimum Gasteiger partial charge on any atom is -0.456 e. The Morgan fingerprint density at radius 2 is 1.01 bits per heavy atom. The molecule has 0 aliphatic heterocycles. The molecule has 5 unspecified atom stereocenters. The standard InChI is InChI=1S/C63H51N3O/c1-3-40-34-41-33-39(2)63(50(35-40)36-41)55-32-30-48(51-18-12-20-58-59(51)53-17-10-11-19-57(53)67-58)37-54(55)52-31-29-49(38-56(52)63)62-65-60(46-25-21-44(22-26-46)42-13-6-4-7-14-42)64-61(66-62)47-27-23-45(24-28-47)43-15-8-5-9-16-43/h4-32,37-41,50H,3,33-36H2,1-2H3. The van der Waals surface area contributed by atoms with Gasteiger partial charge in [-0.1, -0.05) is 184 Å². The third-order valence-electron chi connectivity index (χ3n) is 15.9. The summed E-state index contributed by atoms with van der Waals surface area (Å²) in [7, 11) is 0. The summed E-state index contributed by atoms with van der Waals surface area (Å²) >= 11 is 0. The van der Waals surface area contributed by atoms with Crippen LogP contribution in [0.25, 0.3) is 101 Å². The molecule has 3 aliphatic rings. The summed E-state index contributed by atoms with van der Waals surface area (Å²) < 4.78 is 6.39. The Labute approximate surface area is 392 Å². The van der Waals surface area contributed by atoms with E-state index in [1.165, 1.54) is 82.0 Å². The van der Waals surface area contributed by atoms with E-state index in [4.69, 9.17) is 19.4 Å². The number of furan rings is 1. The van der Waals surface area contributed by atoms with Crippen molar-refractivity contribution in [3.8, 4) is 78.7 Å². The second-order valence-electron chi connectivity index (χ2n) is 19.5. The van der Waals surface area contributed by atoms with Gasteiger partial charge in [0.2, 0.25) is 0 Å². The van der Waals surface area contributed by atoms with E-state index in [1.54, 1.807) is 0 Å². The SMILES string of the molecule is CCC1CC2CC(C)C3(c4ccc(-c5cccc6oc7ccccc7c56)cc4-c4ccc(-c5nc(-c6ccc(-c7ccccc7)cc6)nc(-c6ccc(-c7ccccc7)cc6)n5)cc43)C(C1)C2. The van der Waals surface area contributed by atoms with Gasteiger partial charge in [-0.15, -0.1) is 0 Å². The van der Waals surface area contributed by atoms with Gasteiger partial charge in [-0.05, 0) is 129 Å². The van der Waals surface area contributed by atoms with Crippen molar-refractivity contribution in [2.45, 2.75) is 51.4 Å². The van der Waals surface area contributed by atoms with Crippen molar-refractivity contribution in [2.24, 2.45) is 23.7 Å². The zero-order valence-corrected chi connectivity index (χ0v) is 38.0. The van der Waals surface area contributed by atoms with E-state index in [2.05, 4.69) is 202 Å². The molecule has 2 fully saturated rings. The van der Waals surface area contributed by atoms with Crippen LogP contribution in [-0.4, -0.2) is 15.0 Å². The first-order valence-corrected chi connectivity index (χ1v) is 24.3. The molecule has 0 N–H and O–H groups in total. The molecule has 4 nitrogen and oxygen atoms in total. The van der Waals surface area contributed by atoms with E-state index in [0.717, 1.165) is 56.2 Å². The monoisotopic (exact) mass is 865 g/mol. The molecule has 8 aromatic carbocycles. The van der Waals surface area contributed by atoms with Gasteiger partial charge in [-0.2, -0.15) is 0 Å². The van der Waals surface area contributed by atoms with Crippen LogP contribution in [0.4, 0.5) is 0 Å². The van der Waals surface area contributed by atoms with E-state index in [9.17, 15) is 0 Å². The number of para-hydroxylation sites is 1. The number of benzene rings is 8. The second-order valence-corrected chi connectivity index (χ2v) is 19.5. The summed E-state index contributed by atoms with van der Waals surface area (Å²) in [5.74, 6) is 4.60. The molecular formula is C63H51N3O. The Bertz CT molecular complexity index is 3380. The Morgan fingerprint density at radius 1 is 0.448 bits per heavy atom.